The smallest absolute Gasteiger partial charge is 0.251 e. The fourth-order valence-corrected chi connectivity index (χ4v) is 3.02. The number of ether oxygens (including phenoxy) is 2. The van der Waals surface area contributed by atoms with Crippen LogP contribution in [-0.2, 0) is 16.1 Å². The Labute approximate surface area is 157 Å². The Morgan fingerprint density at radius 3 is 2.72 bits per heavy atom. The van der Waals surface area contributed by atoms with Gasteiger partial charge in [0.1, 0.15) is 11.9 Å². The van der Waals surface area contributed by atoms with Crippen molar-refractivity contribution >= 4 is 18.3 Å². The van der Waals surface area contributed by atoms with Gasteiger partial charge in [-0.3, -0.25) is 4.79 Å². The number of hydrogen-bond acceptors (Lipinski definition) is 4. The Morgan fingerprint density at radius 1 is 1.36 bits per heavy atom. The van der Waals surface area contributed by atoms with Crippen molar-refractivity contribution in [2.75, 3.05) is 33.3 Å². The molecule has 1 aliphatic rings. The van der Waals surface area contributed by atoms with Gasteiger partial charge >= 0.3 is 0 Å². The van der Waals surface area contributed by atoms with E-state index in [4.69, 9.17) is 9.47 Å². The lowest BCUT2D eigenvalue weighted by atomic mass is 9.96. The molecule has 5 nitrogen and oxygen atoms in total. The number of carbonyl (C=O) groups is 1. The van der Waals surface area contributed by atoms with Gasteiger partial charge in [-0.25, -0.2) is 0 Å². The first-order valence-corrected chi connectivity index (χ1v) is 8.88. The lowest BCUT2D eigenvalue weighted by molar-refractivity contribution is -0.144. The highest BCUT2D eigenvalue weighted by atomic mass is 35.5. The maximum Gasteiger partial charge on any atom is 0.251 e. The second-order valence-electron chi connectivity index (χ2n) is 6.38. The first-order chi connectivity index (χ1) is 11.6. The van der Waals surface area contributed by atoms with Crippen LogP contribution in [0.5, 0.6) is 5.75 Å². The van der Waals surface area contributed by atoms with Gasteiger partial charge < -0.3 is 19.7 Å². The molecular formula is C19H31ClN2O3. The minimum atomic E-state index is -0.415. The molecule has 1 aromatic carbocycles. The Balaban J connectivity index is 0.00000312. The van der Waals surface area contributed by atoms with Crippen LogP contribution in [0.15, 0.2) is 24.3 Å². The van der Waals surface area contributed by atoms with Crippen LogP contribution < -0.4 is 10.1 Å². The summed E-state index contributed by atoms with van der Waals surface area (Å²) in [6.45, 7) is 8.12. The molecule has 1 amide bonds. The first kappa shape index (κ1) is 21.7. The predicted octanol–water partition coefficient (Wildman–Crippen LogP) is 2.87. The second-order valence-corrected chi connectivity index (χ2v) is 6.38. The number of likely N-dealkylation sites (tertiary alicyclic amines) is 1. The molecule has 142 valence electrons. The predicted molar refractivity (Wildman–Crippen MR) is 102 cm³/mol. The quantitative estimate of drug-likeness (QED) is 0.764. The number of piperidine rings is 1. The molecule has 2 rings (SSSR count). The standard InChI is InChI=1S/C19H30N2O3.ClH/c1-4-20-13-16-8-10-21(11-9-16)19(22)15(2)24-14-17-6-5-7-18(12-17)23-3;/h5-7,12,15-16,20H,4,8-11,13-14H2,1-3H3;1H. The van der Waals surface area contributed by atoms with E-state index in [1.165, 1.54) is 0 Å². The highest BCUT2D eigenvalue weighted by Gasteiger charge is 2.26. The van der Waals surface area contributed by atoms with Crippen molar-refractivity contribution in [2.24, 2.45) is 5.92 Å². The molecular weight excluding hydrogens is 340 g/mol. The molecule has 25 heavy (non-hydrogen) atoms. The van der Waals surface area contributed by atoms with E-state index in [1.54, 1.807) is 7.11 Å². The van der Waals surface area contributed by atoms with Crippen LogP contribution in [0, 0.1) is 5.92 Å². The topological polar surface area (TPSA) is 50.8 Å². The summed E-state index contributed by atoms with van der Waals surface area (Å²) in [5.41, 5.74) is 1.01. The minimum absolute atomic E-state index is 0. The van der Waals surface area contributed by atoms with E-state index < -0.39 is 6.10 Å². The maximum atomic E-state index is 12.5. The van der Waals surface area contributed by atoms with E-state index >= 15 is 0 Å². The third kappa shape index (κ3) is 6.84. The van der Waals surface area contributed by atoms with Gasteiger partial charge in [-0.15, -0.1) is 12.4 Å². The number of methoxy groups -OCH3 is 1. The van der Waals surface area contributed by atoms with Crippen molar-refractivity contribution < 1.29 is 14.3 Å². The van der Waals surface area contributed by atoms with E-state index in [9.17, 15) is 4.79 Å². The highest BCUT2D eigenvalue weighted by Crippen LogP contribution is 2.18. The monoisotopic (exact) mass is 370 g/mol. The van der Waals surface area contributed by atoms with Crippen LogP contribution in [0.3, 0.4) is 0 Å². The lowest BCUT2D eigenvalue weighted by Crippen LogP contribution is -2.45. The Bertz CT molecular complexity index is 519. The fourth-order valence-electron chi connectivity index (χ4n) is 3.02. The van der Waals surface area contributed by atoms with Gasteiger partial charge in [0.25, 0.3) is 5.91 Å². The van der Waals surface area contributed by atoms with E-state index in [0.29, 0.717) is 12.5 Å². The molecule has 0 bridgehead atoms. The average Bonchev–Trinajstić information content (AvgIpc) is 2.64. The van der Waals surface area contributed by atoms with Crippen molar-refractivity contribution in [3.63, 3.8) is 0 Å². The summed E-state index contributed by atoms with van der Waals surface area (Å²) in [6, 6.07) is 7.74. The number of benzene rings is 1. The summed E-state index contributed by atoms with van der Waals surface area (Å²) in [7, 11) is 1.64. The molecule has 0 aliphatic carbocycles. The molecule has 0 radical (unpaired) electrons. The molecule has 0 aromatic heterocycles. The fraction of sp³-hybridized carbons (Fsp3) is 0.632. The molecule has 1 unspecified atom stereocenters. The van der Waals surface area contributed by atoms with Gasteiger partial charge in [-0.2, -0.15) is 0 Å². The van der Waals surface area contributed by atoms with Crippen molar-refractivity contribution in [3.8, 4) is 5.75 Å². The van der Waals surface area contributed by atoms with E-state index in [0.717, 1.165) is 50.3 Å². The summed E-state index contributed by atoms with van der Waals surface area (Å²) >= 11 is 0. The number of carbonyl (C=O) groups excluding carboxylic acids is 1. The molecule has 1 saturated heterocycles. The van der Waals surface area contributed by atoms with E-state index in [1.807, 2.05) is 36.1 Å². The van der Waals surface area contributed by atoms with Crippen LogP contribution in [0.2, 0.25) is 0 Å². The van der Waals surface area contributed by atoms with Gasteiger partial charge in [0, 0.05) is 13.1 Å². The normalized spacial score (nSPS) is 16.2. The molecule has 1 N–H and O–H groups in total. The highest BCUT2D eigenvalue weighted by molar-refractivity contribution is 5.85. The minimum Gasteiger partial charge on any atom is -0.497 e. The number of hydrogen-bond donors (Lipinski definition) is 1. The summed E-state index contributed by atoms with van der Waals surface area (Å²) in [5, 5.41) is 3.39. The third-order valence-corrected chi connectivity index (χ3v) is 4.59. The number of nitrogens with zero attached hydrogens (tertiary/aromatic N) is 1. The van der Waals surface area contributed by atoms with Gasteiger partial charge in [-0.1, -0.05) is 19.1 Å². The van der Waals surface area contributed by atoms with Crippen LogP contribution in [-0.4, -0.2) is 50.2 Å². The molecule has 1 heterocycles. The van der Waals surface area contributed by atoms with Crippen LogP contribution in [0.4, 0.5) is 0 Å². The van der Waals surface area contributed by atoms with E-state index in [-0.39, 0.29) is 18.3 Å². The Morgan fingerprint density at radius 2 is 2.08 bits per heavy atom. The lowest BCUT2D eigenvalue weighted by Gasteiger charge is -2.33. The molecule has 0 spiro atoms. The van der Waals surface area contributed by atoms with Crippen LogP contribution >= 0.6 is 12.4 Å². The largest absolute Gasteiger partial charge is 0.497 e. The number of nitrogens with one attached hydrogen (secondary N) is 1. The number of halogens is 1. The summed E-state index contributed by atoms with van der Waals surface area (Å²) in [6.07, 6.45) is 1.73. The molecule has 1 fully saturated rings. The van der Waals surface area contributed by atoms with Gasteiger partial charge in [-0.05, 0) is 56.5 Å². The zero-order chi connectivity index (χ0) is 17.4. The third-order valence-electron chi connectivity index (χ3n) is 4.59. The van der Waals surface area contributed by atoms with Crippen molar-refractivity contribution in [1.82, 2.24) is 10.2 Å². The van der Waals surface area contributed by atoms with Crippen LogP contribution in [0.25, 0.3) is 0 Å². The van der Waals surface area contributed by atoms with Crippen molar-refractivity contribution in [2.45, 2.75) is 39.4 Å². The van der Waals surface area contributed by atoms with Crippen molar-refractivity contribution in [3.05, 3.63) is 29.8 Å². The van der Waals surface area contributed by atoms with E-state index in [2.05, 4.69) is 12.2 Å². The molecule has 1 aliphatic heterocycles. The molecule has 6 heteroatoms. The maximum absolute atomic E-state index is 12.5. The zero-order valence-electron chi connectivity index (χ0n) is 15.5. The summed E-state index contributed by atoms with van der Waals surface area (Å²) in [5.74, 6) is 1.58. The SMILES string of the molecule is CCNCC1CCN(C(=O)C(C)OCc2cccc(OC)c2)CC1.Cl. The first-order valence-electron chi connectivity index (χ1n) is 8.88. The Hall–Kier alpha value is -1.30. The molecule has 1 aromatic rings. The van der Waals surface area contributed by atoms with Gasteiger partial charge in [0.2, 0.25) is 0 Å². The molecule has 1 atom stereocenters. The average molecular weight is 371 g/mol. The van der Waals surface area contributed by atoms with Crippen molar-refractivity contribution in [1.29, 1.82) is 0 Å². The van der Waals surface area contributed by atoms with Gasteiger partial charge in [0.15, 0.2) is 0 Å². The summed E-state index contributed by atoms with van der Waals surface area (Å²) < 4.78 is 11.0. The Kier molecular flexibility index (Phi) is 9.86. The zero-order valence-corrected chi connectivity index (χ0v) is 16.3. The number of rotatable bonds is 8. The summed E-state index contributed by atoms with van der Waals surface area (Å²) in [4.78, 5) is 14.5. The van der Waals surface area contributed by atoms with Crippen LogP contribution in [0.1, 0.15) is 32.3 Å². The second kappa shape index (κ2) is 11.3. The van der Waals surface area contributed by atoms with Gasteiger partial charge in [0.05, 0.1) is 13.7 Å². The number of amides is 1. The molecule has 0 saturated carbocycles.